The number of ether oxygens (including phenoxy) is 1. The molecule has 0 unspecified atom stereocenters. The lowest BCUT2D eigenvalue weighted by atomic mass is 10.1. The summed E-state index contributed by atoms with van der Waals surface area (Å²) in [4.78, 5) is 9.06. The number of aromatic nitrogens is 2. The minimum Gasteiger partial charge on any atom is -0.487 e. The zero-order valence-electron chi connectivity index (χ0n) is 19.4. The first-order valence-corrected chi connectivity index (χ1v) is 12.6. The number of rotatable bonds is 7. The van der Waals surface area contributed by atoms with Gasteiger partial charge in [0.2, 0.25) is 0 Å². The van der Waals surface area contributed by atoms with E-state index in [1.54, 1.807) is 60.8 Å². The van der Waals surface area contributed by atoms with E-state index in [1.807, 2.05) is 31.2 Å². The van der Waals surface area contributed by atoms with Crippen LogP contribution in [-0.4, -0.2) is 24.2 Å². The predicted molar refractivity (Wildman–Crippen MR) is 141 cm³/mol. The third-order valence-electron chi connectivity index (χ3n) is 5.76. The smallest absolute Gasteiger partial charge is 0.264 e. The summed E-state index contributed by atoms with van der Waals surface area (Å²) in [5, 5.41) is 9.14. The van der Waals surface area contributed by atoms with Gasteiger partial charge in [0.05, 0.1) is 22.4 Å². The minimum absolute atomic E-state index is 0.00323. The molecule has 2 aromatic heterocycles. The number of nitrogen functional groups attached to an aromatic ring is 1. The summed E-state index contributed by atoms with van der Waals surface area (Å²) in [7, 11) is -3.87. The van der Waals surface area contributed by atoms with Crippen molar-refractivity contribution in [3.63, 3.8) is 0 Å². The summed E-state index contributed by atoms with van der Waals surface area (Å²) in [6, 6.07) is 22.8. The molecule has 0 bridgehead atoms. The average Bonchev–Trinajstić information content (AvgIpc) is 2.87. The van der Waals surface area contributed by atoms with Gasteiger partial charge in [-0.25, -0.2) is 13.4 Å². The Morgan fingerprint density at radius 2 is 1.81 bits per heavy atom. The molecule has 0 spiro atoms. The van der Waals surface area contributed by atoms with Crippen LogP contribution in [0.15, 0.2) is 90.0 Å². The van der Waals surface area contributed by atoms with Crippen LogP contribution in [0, 0.1) is 12.3 Å². The molecule has 0 aliphatic carbocycles. The highest BCUT2D eigenvalue weighted by atomic mass is 32.2. The number of para-hydroxylation sites is 1. The molecule has 2 heterocycles. The second-order valence-corrected chi connectivity index (χ2v) is 9.98. The molecular weight excluding hydrogens is 474 g/mol. The Balaban J connectivity index is 1.41. The summed E-state index contributed by atoms with van der Waals surface area (Å²) in [5.74, 6) is 0.626. The number of pyridine rings is 2. The number of anilines is 1. The van der Waals surface area contributed by atoms with Crippen LogP contribution in [0.3, 0.4) is 0 Å². The van der Waals surface area contributed by atoms with Crippen LogP contribution in [0.1, 0.15) is 16.8 Å². The SMILES string of the molecule is Cc1cc(COc2ccc(C(=N)N)cc2)nc2cc(NS(=O)(=O)c3cccc4cccnc34)ccc12. The molecule has 0 atom stereocenters. The Bertz CT molecular complexity index is 1710. The van der Waals surface area contributed by atoms with E-state index in [4.69, 9.17) is 15.9 Å². The van der Waals surface area contributed by atoms with E-state index in [0.29, 0.717) is 33.7 Å². The molecule has 0 fully saturated rings. The number of nitrogens with one attached hydrogen (secondary N) is 2. The molecule has 36 heavy (non-hydrogen) atoms. The molecule has 9 heteroatoms. The molecule has 4 N–H and O–H groups in total. The highest BCUT2D eigenvalue weighted by Crippen LogP contribution is 2.26. The quantitative estimate of drug-likeness (QED) is 0.220. The lowest BCUT2D eigenvalue weighted by Gasteiger charge is -2.12. The van der Waals surface area contributed by atoms with Gasteiger partial charge in [-0.05, 0) is 67.1 Å². The van der Waals surface area contributed by atoms with Gasteiger partial charge in [-0.3, -0.25) is 15.1 Å². The maximum atomic E-state index is 13.2. The highest BCUT2D eigenvalue weighted by molar-refractivity contribution is 7.93. The van der Waals surface area contributed by atoms with Crippen molar-refractivity contribution in [3.05, 3.63) is 102 Å². The van der Waals surface area contributed by atoms with Crippen LogP contribution >= 0.6 is 0 Å². The maximum absolute atomic E-state index is 13.2. The lowest BCUT2D eigenvalue weighted by molar-refractivity contribution is 0.301. The third kappa shape index (κ3) is 4.69. The minimum atomic E-state index is -3.87. The first kappa shape index (κ1) is 23.3. The van der Waals surface area contributed by atoms with Crippen molar-refractivity contribution in [2.75, 3.05) is 4.72 Å². The molecule has 8 nitrogen and oxygen atoms in total. The molecule has 0 aliphatic rings. The molecule has 0 saturated carbocycles. The lowest BCUT2D eigenvalue weighted by Crippen LogP contribution is -2.13. The Morgan fingerprint density at radius 1 is 1.03 bits per heavy atom. The molecule has 0 saturated heterocycles. The molecule has 180 valence electrons. The van der Waals surface area contributed by atoms with Crippen molar-refractivity contribution in [2.45, 2.75) is 18.4 Å². The van der Waals surface area contributed by atoms with E-state index in [9.17, 15) is 8.42 Å². The van der Waals surface area contributed by atoms with Crippen LogP contribution < -0.4 is 15.2 Å². The molecule has 0 radical (unpaired) electrons. The van der Waals surface area contributed by atoms with Gasteiger partial charge in [-0.2, -0.15) is 0 Å². The van der Waals surface area contributed by atoms with Crippen molar-refractivity contribution in [3.8, 4) is 5.75 Å². The molecule has 5 rings (SSSR count). The summed E-state index contributed by atoms with van der Waals surface area (Å²) < 4.78 is 34.9. The number of hydrogen-bond donors (Lipinski definition) is 3. The Morgan fingerprint density at radius 3 is 2.58 bits per heavy atom. The van der Waals surface area contributed by atoms with Crippen molar-refractivity contribution >= 4 is 43.4 Å². The van der Waals surface area contributed by atoms with Gasteiger partial charge in [0.25, 0.3) is 10.0 Å². The standard InChI is InChI=1S/C27H23N5O3S/c1-17-14-21(16-35-22-10-7-19(8-11-22)27(28)29)31-24-15-20(9-12-23(17)24)32-36(33,34)25-6-2-4-18-5-3-13-30-26(18)25/h2-15,32H,16H2,1H3,(H3,28,29). The number of sulfonamides is 1. The zero-order chi connectivity index (χ0) is 25.3. The summed E-state index contributed by atoms with van der Waals surface area (Å²) >= 11 is 0. The number of aryl methyl sites for hydroxylation is 1. The van der Waals surface area contributed by atoms with E-state index in [-0.39, 0.29) is 17.3 Å². The molecule has 3 aromatic carbocycles. The van der Waals surface area contributed by atoms with Crippen molar-refractivity contribution in [2.24, 2.45) is 5.73 Å². The van der Waals surface area contributed by atoms with E-state index >= 15 is 0 Å². The number of fused-ring (bicyclic) bond motifs is 2. The third-order valence-corrected chi connectivity index (χ3v) is 7.17. The first-order valence-electron chi connectivity index (χ1n) is 11.1. The van der Waals surface area contributed by atoms with E-state index in [1.165, 1.54) is 0 Å². The first-order chi connectivity index (χ1) is 17.3. The number of nitrogens with zero attached hydrogens (tertiary/aromatic N) is 2. The van der Waals surface area contributed by atoms with Gasteiger partial charge >= 0.3 is 0 Å². The van der Waals surface area contributed by atoms with Gasteiger partial charge in [-0.15, -0.1) is 0 Å². The number of nitrogens with two attached hydrogens (primary N) is 1. The fourth-order valence-corrected chi connectivity index (χ4v) is 5.23. The molecule has 0 amide bonds. The normalized spacial score (nSPS) is 11.5. The van der Waals surface area contributed by atoms with Gasteiger partial charge in [-0.1, -0.05) is 24.3 Å². The fourth-order valence-electron chi connectivity index (χ4n) is 4.00. The van der Waals surface area contributed by atoms with E-state index in [0.717, 1.165) is 16.3 Å². The Kier molecular flexibility index (Phi) is 5.99. The van der Waals surface area contributed by atoms with Crippen LogP contribution in [0.25, 0.3) is 21.8 Å². The van der Waals surface area contributed by atoms with Gasteiger partial charge < -0.3 is 10.5 Å². The van der Waals surface area contributed by atoms with Crippen LogP contribution in [0.4, 0.5) is 5.69 Å². The van der Waals surface area contributed by atoms with E-state index < -0.39 is 10.0 Å². The average molecular weight is 498 g/mol. The van der Waals surface area contributed by atoms with E-state index in [2.05, 4.69) is 14.7 Å². The van der Waals surface area contributed by atoms with Crippen molar-refractivity contribution in [1.29, 1.82) is 5.41 Å². The van der Waals surface area contributed by atoms with Gasteiger partial charge in [0.1, 0.15) is 23.1 Å². The number of benzene rings is 3. The van der Waals surface area contributed by atoms with Crippen LogP contribution in [-0.2, 0) is 16.6 Å². The van der Waals surface area contributed by atoms with Crippen molar-refractivity contribution in [1.82, 2.24) is 9.97 Å². The zero-order valence-corrected chi connectivity index (χ0v) is 20.2. The van der Waals surface area contributed by atoms with Gasteiger partial charge in [0, 0.05) is 22.5 Å². The predicted octanol–water partition coefficient (Wildman–Crippen LogP) is 4.76. The molecule has 0 aliphatic heterocycles. The number of amidine groups is 1. The Labute approximate surface area is 208 Å². The highest BCUT2D eigenvalue weighted by Gasteiger charge is 2.19. The maximum Gasteiger partial charge on any atom is 0.264 e. The molecule has 5 aromatic rings. The summed E-state index contributed by atoms with van der Waals surface area (Å²) in [6.45, 7) is 2.20. The Hall–Kier alpha value is -4.50. The monoisotopic (exact) mass is 497 g/mol. The summed E-state index contributed by atoms with van der Waals surface area (Å²) in [5.41, 5.74) is 9.28. The number of hydrogen-bond acceptors (Lipinski definition) is 6. The second-order valence-electron chi connectivity index (χ2n) is 8.33. The van der Waals surface area contributed by atoms with Crippen LogP contribution in [0.5, 0.6) is 5.75 Å². The van der Waals surface area contributed by atoms with Crippen LogP contribution in [0.2, 0.25) is 0 Å². The van der Waals surface area contributed by atoms with Gasteiger partial charge in [0.15, 0.2) is 0 Å². The largest absolute Gasteiger partial charge is 0.487 e. The topological polar surface area (TPSA) is 131 Å². The summed E-state index contributed by atoms with van der Waals surface area (Å²) in [6.07, 6.45) is 1.57. The second kappa shape index (κ2) is 9.27. The van der Waals surface area contributed by atoms with Crippen molar-refractivity contribution < 1.29 is 13.2 Å². The fraction of sp³-hybridized carbons (Fsp3) is 0.0741. The molecular formula is C27H23N5O3S.